The quantitative estimate of drug-likeness (QED) is 0.654. The van der Waals surface area contributed by atoms with Crippen molar-refractivity contribution < 1.29 is 14.0 Å². The van der Waals surface area contributed by atoms with E-state index in [1.54, 1.807) is 36.4 Å². The number of benzene rings is 2. The molecule has 0 spiro atoms. The fraction of sp³-hybridized carbons (Fsp3) is 0.217. The Bertz CT molecular complexity index is 1060. The van der Waals surface area contributed by atoms with Crippen LogP contribution < -0.4 is 10.6 Å². The molecular weight excluding hydrogens is 369 g/mol. The van der Waals surface area contributed by atoms with E-state index in [0.29, 0.717) is 11.3 Å². The lowest BCUT2D eigenvalue weighted by Crippen LogP contribution is -2.14. The summed E-state index contributed by atoms with van der Waals surface area (Å²) in [4.78, 5) is 24.6. The van der Waals surface area contributed by atoms with Crippen molar-refractivity contribution in [3.8, 4) is 5.69 Å². The van der Waals surface area contributed by atoms with Gasteiger partial charge in [0.25, 0.3) is 5.91 Å². The van der Waals surface area contributed by atoms with Gasteiger partial charge in [-0.1, -0.05) is 0 Å². The fourth-order valence-electron chi connectivity index (χ4n) is 3.41. The van der Waals surface area contributed by atoms with E-state index in [2.05, 4.69) is 10.6 Å². The minimum atomic E-state index is -0.300. The van der Waals surface area contributed by atoms with Gasteiger partial charge in [0.2, 0.25) is 5.91 Å². The smallest absolute Gasteiger partial charge is 0.257 e. The number of hydrogen-bond acceptors (Lipinski definition) is 2. The van der Waals surface area contributed by atoms with E-state index < -0.39 is 0 Å². The molecule has 5 nitrogen and oxygen atoms in total. The van der Waals surface area contributed by atoms with E-state index in [1.807, 2.05) is 24.5 Å². The largest absolute Gasteiger partial charge is 0.326 e. The second-order valence-electron chi connectivity index (χ2n) is 7.39. The first-order valence-electron chi connectivity index (χ1n) is 9.59. The Hall–Kier alpha value is -3.41. The van der Waals surface area contributed by atoms with Crippen LogP contribution in [0.2, 0.25) is 0 Å². The second-order valence-corrected chi connectivity index (χ2v) is 7.39. The average molecular weight is 391 g/mol. The molecule has 0 aliphatic heterocycles. The fourth-order valence-corrected chi connectivity index (χ4v) is 3.41. The molecule has 0 atom stereocenters. The summed E-state index contributed by atoms with van der Waals surface area (Å²) < 4.78 is 15.1. The second kappa shape index (κ2) is 7.54. The van der Waals surface area contributed by atoms with E-state index >= 15 is 0 Å². The lowest BCUT2D eigenvalue weighted by Gasteiger charge is -2.10. The summed E-state index contributed by atoms with van der Waals surface area (Å²) in [5.74, 6) is -0.326. The van der Waals surface area contributed by atoms with Crippen molar-refractivity contribution in [3.63, 3.8) is 0 Å². The predicted octanol–water partition coefficient (Wildman–Crippen LogP) is 4.83. The standard InChI is InChI=1S/C23H22FN3O2/c1-14-13-21(15(2)27(14)20-11-5-17(24)6-12-20)23(29)26-19-9-7-18(8-10-19)25-22(28)16-3-4-16/h5-13,16H,3-4H2,1-2H3,(H,25,28)(H,26,29). The zero-order valence-electron chi connectivity index (χ0n) is 16.3. The molecule has 4 rings (SSSR count). The van der Waals surface area contributed by atoms with E-state index in [-0.39, 0.29) is 23.5 Å². The molecular formula is C23H22FN3O2. The molecule has 1 fully saturated rings. The minimum Gasteiger partial charge on any atom is -0.326 e. The Morgan fingerprint density at radius 3 is 2.10 bits per heavy atom. The van der Waals surface area contributed by atoms with Crippen molar-refractivity contribution in [1.29, 1.82) is 0 Å². The van der Waals surface area contributed by atoms with Crippen molar-refractivity contribution >= 4 is 23.2 Å². The van der Waals surface area contributed by atoms with E-state index in [0.717, 1.165) is 35.6 Å². The number of rotatable bonds is 5. The first kappa shape index (κ1) is 18.9. The maximum absolute atomic E-state index is 13.2. The van der Waals surface area contributed by atoms with E-state index in [4.69, 9.17) is 0 Å². The van der Waals surface area contributed by atoms with Crippen LogP contribution in [0.15, 0.2) is 54.6 Å². The topological polar surface area (TPSA) is 63.1 Å². The molecule has 1 aliphatic carbocycles. The van der Waals surface area contributed by atoms with Gasteiger partial charge in [-0.2, -0.15) is 0 Å². The molecule has 6 heteroatoms. The zero-order chi connectivity index (χ0) is 20.5. The van der Waals surface area contributed by atoms with Crippen molar-refractivity contribution in [1.82, 2.24) is 4.57 Å². The highest BCUT2D eigenvalue weighted by molar-refractivity contribution is 6.05. The molecule has 0 radical (unpaired) electrons. The molecule has 29 heavy (non-hydrogen) atoms. The number of aromatic nitrogens is 1. The highest BCUT2D eigenvalue weighted by atomic mass is 19.1. The van der Waals surface area contributed by atoms with Crippen LogP contribution in [0.3, 0.4) is 0 Å². The third-order valence-corrected chi connectivity index (χ3v) is 5.12. The van der Waals surface area contributed by atoms with Crippen LogP contribution in [0.25, 0.3) is 5.69 Å². The Morgan fingerprint density at radius 1 is 0.931 bits per heavy atom. The van der Waals surface area contributed by atoms with Gasteiger partial charge in [0.15, 0.2) is 0 Å². The maximum Gasteiger partial charge on any atom is 0.257 e. The van der Waals surface area contributed by atoms with Crippen LogP contribution in [0.1, 0.15) is 34.6 Å². The van der Waals surface area contributed by atoms with Crippen LogP contribution in [-0.4, -0.2) is 16.4 Å². The summed E-state index contributed by atoms with van der Waals surface area (Å²) in [5.41, 5.74) is 4.38. The number of carbonyl (C=O) groups excluding carboxylic acids is 2. The van der Waals surface area contributed by atoms with Gasteiger partial charge in [0.05, 0.1) is 5.56 Å². The summed E-state index contributed by atoms with van der Waals surface area (Å²) in [6.07, 6.45) is 1.91. The van der Waals surface area contributed by atoms with Crippen LogP contribution in [-0.2, 0) is 4.79 Å². The summed E-state index contributed by atoms with van der Waals surface area (Å²) in [7, 11) is 0. The van der Waals surface area contributed by atoms with Gasteiger partial charge in [-0.05, 0) is 81.3 Å². The van der Waals surface area contributed by atoms with Crippen molar-refractivity contribution in [2.45, 2.75) is 26.7 Å². The number of carbonyl (C=O) groups is 2. The third kappa shape index (κ3) is 4.06. The zero-order valence-corrected chi connectivity index (χ0v) is 16.3. The SMILES string of the molecule is Cc1cc(C(=O)Nc2ccc(NC(=O)C3CC3)cc2)c(C)n1-c1ccc(F)cc1. The van der Waals surface area contributed by atoms with Gasteiger partial charge >= 0.3 is 0 Å². The highest BCUT2D eigenvalue weighted by Crippen LogP contribution is 2.30. The molecule has 1 heterocycles. The van der Waals surface area contributed by atoms with Gasteiger partial charge in [0, 0.05) is 34.4 Å². The number of aryl methyl sites for hydroxylation is 1. The van der Waals surface area contributed by atoms with E-state index in [1.165, 1.54) is 12.1 Å². The first-order chi connectivity index (χ1) is 13.9. The van der Waals surface area contributed by atoms with Crippen molar-refractivity contribution in [3.05, 3.63) is 77.4 Å². The average Bonchev–Trinajstić information content (AvgIpc) is 3.50. The molecule has 1 aromatic heterocycles. The van der Waals surface area contributed by atoms with Gasteiger partial charge in [-0.25, -0.2) is 4.39 Å². The highest BCUT2D eigenvalue weighted by Gasteiger charge is 2.29. The van der Waals surface area contributed by atoms with Gasteiger partial charge in [-0.15, -0.1) is 0 Å². The Balaban J connectivity index is 1.49. The number of hydrogen-bond donors (Lipinski definition) is 2. The van der Waals surface area contributed by atoms with Gasteiger partial charge in [-0.3, -0.25) is 9.59 Å². The van der Waals surface area contributed by atoms with Crippen LogP contribution in [0.5, 0.6) is 0 Å². The van der Waals surface area contributed by atoms with E-state index in [9.17, 15) is 14.0 Å². The molecule has 2 aromatic carbocycles. The Kier molecular flexibility index (Phi) is 4.92. The third-order valence-electron chi connectivity index (χ3n) is 5.12. The number of anilines is 2. The molecule has 148 valence electrons. The van der Waals surface area contributed by atoms with Crippen LogP contribution in [0.4, 0.5) is 15.8 Å². The molecule has 0 unspecified atom stereocenters. The first-order valence-corrected chi connectivity index (χ1v) is 9.59. The normalized spacial score (nSPS) is 13.2. The molecule has 1 aliphatic rings. The molecule has 2 amide bonds. The predicted molar refractivity (Wildman–Crippen MR) is 111 cm³/mol. The number of halogens is 1. The van der Waals surface area contributed by atoms with Gasteiger partial charge in [0.1, 0.15) is 5.82 Å². The Morgan fingerprint density at radius 2 is 1.52 bits per heavy atom. The van der Waals surface area contributed by atoms with Crippen molar-refractivity contribution in [2.24, 2.45) is 5.92 Å². The summed E-state index contributed by atoms with van der Waals surface area (Å²) in [5, 5.41) is 5.77. The molecule has 0 bridgehead atoms. The monoisotopic (exact) mass is 391 g/mol. The maximum atomic E-state index is 13.2. The molecule has 1 saturated carbocycles. The minimum absolute atomic E-state index is 0.0509. The van der Waals surface area contributed by atoms with Crippen LogP contribution >= 0.6 is 0 Å². The lowest BCUT2D eigenvalue weighted by molar-refractivity contribution is -0.117. The number of amides is 2. The summed E-state index contributed by atoms with van der Waals surface area (Å²) in [6.45, 7) is 3.77. The van der Waals surface area contributed by atoms with Crippen LogP contribution in [0, 0.1) is 25.6 Å². The molecule has 2 N–H and O–H groups in total. The van der Waals surface area contributed by atoms with Crippen molar-refractivity contribution in [2.75, 3.05) is 10.6 Å². The Labute approximate surface area is 168 Å². The number of nitrogens with zero attached hydrogens (tertiary/aromatic N) is 1. The summed E-state index contributed by atoms with van der Waals surface area (Å²) in [6, 6.07) is 15.1. The molecule has 3 aromatic rings. The molecule has 0 saturated heterocycles. The number of nitrogens with one attached hydrogen (secondary N) is 2. The summed E-state index contributed by atoms with van der Waals surface area (Å²) >= 11 is 0. The lowest BCUT2D eigenvalue weighted by atomic mass is 10.2. The van der Waals surface area contributed by atoms with Gasteiger partial charge < -0.3 is 15.2 Å².